The van der Waals surface area contributed by atoms with Gasteiger partial charge in [0.2, 0.25) is 5.91 Å². The largest absolute Gasteiger partial charge is 0.342 e. The zero-order valence-corrected chi connectivity index (χ0v) is 12.9. The van der Waals surface area contributed by atoms with Crippen LogP contribution in [0.15, 0.2) is 0 Å². The van der Waals surface area contributed by atoms with Crippen molar-refractivity contribution in [2.45, 2.75) is 52.9 Å². The Balaban J connectivity index is 1.82. The second-order valence-corrected chi connectivity index (χ2v) is 7.01. The minimum Gasteiger partial charge on any atom is -0.342 e. The minimum atomic E-state index is 0.220. The van der Waals surface area contributed by atoms with Gasteiger partial charge in [0, 0.05) is 19.0 Å². The molecule has 1 atom stereocenters. The monoisotopic (exact) mass is 266 g/mol. The Morgan fingerprint density at radius 2 is 1.95 bits per heavy atom. The third kappa shape index (κ3) is 3.50. The average molecular weight is 266 g/mol. The number of carbonyl (C=O) groups is 1. The van der Waals surface area contributed by atoms with Gasteiger partial charge in [0.1, 0.15) is 0 Å². The number of carbonyl (C=O) groups excluding carboxylic acids is 1. The van der Waals surface area contributed by atoms with Crippen molar-refractivity contribution in [2.75, 3.05) is 26.2 Å². The van der Waals surface area contributed by atoms with Crippen molar-refractivity contribution in [2.24, 2.45) is 17.3 Å². The molecule has 0 spiro atoms. The topological polar surface area (TPSA) is 32.3 Å². The van der Waals surface area contributed by atoms with Crippen LogP contribution in [0.5, 0.6) is 0 Å². The molecule has 1 amide bonds. The van der Waals surface area contributed by atoms with Crippen molar-refractivity contribution < 1.29 is 4.79 Å². The number of likely N-dealkylation sites (tertiary alicyclic amines) is 1. The third-order valence-corrected chi connectivity index (χ3v) is 5.16. The van der Waals surface area contributed by atoms with Crippen LogP contribution in [0.25, 0.3) is 0 Å². The molecule has 3 nitrogen and oxygen atoms in total. The van der Waals surface area contributed by atoms with E-state index >= 15 is 0 Å². The molecular weight excluding hydrogens is 236 g/mol. The van der Waals surface area contributed by atoms with Gasteiger partial charge in [0.05, 0.1) is 0 Å². The molecule has 0 aromatic rings. The molecule has 1 saturated carbocycles. The summed E-state index contributed by atoms with van der Waals surface area (Å²) in [7, 11) is 0. The van der Waals surface area contributed by atoms with Gasteiger partial charge in [0.25, 0.3) is 0 Å². The van der Waals surface area contributed by atoms with Gasteiger partial charge in [-0.05, 0) is 50.1 Å². The molecule has 1 aliphatic carbocycles. The number of piperidine rings is 1. The Kier molecular flexibility index (Phi) is 4.88. The van der Waals surface area contributed by atoms with E-state index in [1.807, 2.05) is 0 Å². The standard InChI is InChI=1S/C16H30N2O/c1-4-17-12-13-7-10-18(11-8-13)15(19)14-6-5-9-16(14,2)3/h13-14,17H,4-12H2,1-3H3. The maximum Gasteiger partial charge on any atom is 0.226 e. The molecule has 1 heterocycles. The van der Waals surface area contributed by atoms with Gasteiger partial charge in [-0.25, -0.2) is 0 Å². The second-order valence-electron chi connectivity index (χ2n) is 7.01. The maximum absolute atomic E-state index is 12.6. The first-order valence-corrected chi connectivity index (χ1v) is 8.04. The van der Waals surface area contributed by atoms with Gasteiger partial charge in [-0.15, -0.1) is 0 Å². The van der Waals surface area contributed by atoms with Crippen LogP contribution in [0.3, 0.4) is 0 Å². The van der Waals surface area contributed by atoms with E-state index in [9.17, 15) is 4.79 Å². The fourth-order valence-corrected chi connectivity index (χ4v) is 3.71. The summed E-state index contributed by atoms with van der Waals surface area (Å²) in [5.74, 6) is 1.47. The first-order chi connectivity index (χ1) is 9.04. The molecule has 0 aromatic heterocycles. The van der Waals surface area contributed by atoms with Gasteiger partial charge >= 0.3 is 0 Å². The third-order valence-electron chi connectivity index (χ3n) is 5.16. The van der Waals surface area contributed by atoms with Crippen LogP contribution in [0.4, 0.5) is 0 Å². The highest BCUT2D eigenvalue weighted by molar-refractivity contribution is 5.80. The average Bonchev–Trinajstić information content (AvgIpc) is 2.76. The van der Waals surface area contributed by atoms with Crippen LogP contribution in [-0.4, -0.2) is 37.0 Å². The minimum absolute atomic E-state index is 0.220. The predicted octanol–water partition coefficient (Wildman–Crippen LogP) is 2.66. The molecular formula is C16H30N2O. The Morgan fingerprint density at radius 3 is 2.47 bits per heavy atom. The first kappa shape index (κ1) is 14.8. The summed E-state index contributed by atoms with van der Waals surface area (Å²) in [6.45, 7) is 10.8. The number of rotatable bonds is 4. The summed E-state index contributed by atoms with van der Waals surface area (Å²) >= 11 is 0. The van der Waals surface area contributed by atoms with Crippen molar-refractivity contribution in [1.29, 1.82) is 0 Å². The van der Waals surface area contributed by atoms with E-state index in [0.29, 0.717) is 5.91 Å². The van der Waals surface area contributed by atoms with Gasteiger partial charge in [-0.3, -0.25) is 4.79 Å². The van der Waals surface area contributed by atoms with Crippen LogP contribution < -0.4 is 5.32 Å². The molecule has 3 heteroatoms. The highest BCUT2D eigenvalue weighted by atomic mass is 16.2. The normalized spacial score (nSPS) is 27.7. The van der Waals surface area contributed by atoms with Gasteiger partial charge in [0.15, 0.2) is 0 Å². The summed E-state index contributed by atoms with van der Waals surface area (Å²) in [5.41, 5.74) is 0.220. The molecule has 0 radical (unpaired) electrons. The summed E-state index contributed by atoms with van der Waals surface area (Å²) in [6.07, 6.45) is 5.88. The van der Waals surface area contributed by atoms with E-state index in [1.54, 1.807) is 0 Å². The smallest absolute Gasteiger partial charge is 0.226 e. The number of hydrogen-bond donors (Lipinski definition) is 1. The van der Waals surface area contributed by atoms with Crippen LogP contribution >= 0.6 is 0 Å². The van der Waals surface area contributed by atoms with Crippen molar-refractivity contribution in [3.05, 3.63) is 0 Å². The Morgan fingerprint density at radius 1 is 1.26 bits per heavy atom. The second kappa shape index (κ2) is 6.25. The fourth-order valence-electron chi connectivity index (χ4n) is 3.71. The van der Waals surface area contributed by atoms with Gasteiger partial charge < -0.3 is 10.2 Å². The molecule has 0 aromatic carbocycles. The number of hydrogen-bond acceptors (Lipinski definition) is 2. The lowest BCUT2D eigenvalue weighted by molar-refractivity contribution is -0.139. The van der Waals surface area contributed by atoms with Crippen molar-refractivity contribution in [3.63, 3.8) is 0 Å². The van der Waals surface area contributed by atoms with E-state index in [0.717, 1.165) is 38.5 Å². The summed E-state index contributed by atoms with van der Waals surface area (Å²) in [6, 6.07) is 0. The highest BCUT2D eigenvalue weighted by Crippen LogP contribution is 2.43. The fraction of sp³-hybridized carbons (Fsp3) is 0.938. The van der Waals surface area contributed by atoms with Crippen LogP contribution in [-0.2, 0) is 4.79 Å². The lowest BCUT2D eigenvalue weighted by Gasteiger charge is -2.36. The van der Waals surface area contributed by atoms with Crippen molar-refractivity contribution >= 4 is 5.91 Å². The summed E-state index contributed by atoms with van der Waals surface area (Å²) in [4.78, 5) is 14.8. The van der Waals surface area contributed by atoms with E-state index in [2.05, 4.69) is 31.0 Å². The Labute approximate surface area is 118 Å². The molecule has 1 aliphatic heterocycles. The number of amides is 1. The number of nitrogens with zero attached hydrogens (tertiary/aromatic N) is 1. The predicted molar refractivity (Wildman–Crippen MR) is 79.0 cm³/mol. The van der Waals surface area contributed by atoms with Crippen LogP contribution in [0.2, 0.25) is 0 Å². The van der Waals surface area contributed by atoms with Gasteiger partial charge in [-0.1, -0.05) is 27.2 Å². The molecule has 0 bridgehead atoms. The van der Waals surface area contributed by atoms with Crippen LogP contribution in [0, 0.1) is 17.3 Å². The quantitative estimate of drug-likeness (QED) is 0.848. The molecule has 2 aliphatic rings. The molecule has 110 valence electrons. The van der Waals surface area contributed by atoms with E-state index in [-0.39, 0.29) is 11.3 Å². The summed E-state index contributed by atoms with van der Waals surface area (Å²) in [5, 5.41) is 3.43. The zero-order chi connectivity index (χ0) is 13.9. The molecule has 1 N–H and O–H groups in total. The molecule has 1 unspecified atom stereocenters. The Hall–Kier alpha value is -0.570. The molecule has 19 heavy (non-hydrogen) atoms. The number of nitrogens with one attached hydrogen (secondary N) is 1. The summed E-state index contributed by atoms with van der Waals surface area (Å²) < 4.78 is 0. The zero-order valence-electron chi connectivity index (χ0n) is 12.9. The maximum atomic E-state index is 12.6. The van der Waals surface area contributed by atoms with E-state index in [1.165, 1.54) is 25.7 Å². The van der Waals surface area contributed by atoms with E-state index < -0.39 is 0 Å². The lowest BCUT2D eigenvalue weighted by Crippen LogP contribution is -2.45. The molecule has 2 rings (SSSR count). The lowest BCUT2D eigenvalue weighted by atomic mass is 9.80. The van der Waals surface area contributed by atoms with Crippen LogP contribution in [0.1, 0.15) is 52.9 Å². The van der Waals surface area contributed by atoms with Gasteiger partial charge in [-0.2, -0.15) is 0 Å². The molecule has 2 fully saturated rings. The van der Waals surface area contributed by atoms with Crippen molar-refractivity contribution in [3.8, 4) is 0 Å². The van der Waals surface area contributed by atoms with E-state index in [4.69, 9.17) is 0 Å². The van der Waals surface area contributed by atoms with Crippen molar-refractivity contribution in [1.82, 2.24) is 10.2 Å². The SMILES string of the molecule is CCNCC1CCN(C(=O)C2CCCC2(C)C)CC1. The first-order valence-electron chi connectivity index (χ1n) is 8.04. The Bertz CT molecular complexity index is 306. The molecule has 1 saturated heterocycles. The highest BCUT2D eigenvalue weighted by Gasteiger charge is 2.41.